The van der Waals surface area contributed by atoms with Crippen LogP contribution in [0.3, 0.4) is 0 Å². The number of carbonyl (C=O) groups is 3. The van der Waals surface area contributed by atoms with Crippen molar-refractivity contribution in [3.8, 4) is 0 Å². The largest absolute Gasteiger partial charge is 0.550 e. The molecule has 0 saturated carbocycles. The van der Waals surface area contributed by atoms with Crippen molar-refractivity contribution in [2.75, 3.05) is 26.2 Å². The van der Waals surface area contributed by atoms with Gasteiger partial charge in [0.15, 0.2) is 0 Å². The lowest BCUT2D eigenvalue weighted by atomic mass is 10.1. The average molecular weight is 540 g/mol. The van der Waals surface area contributed by atoms with Crippen LogP contribution in [0.2, 0.25) is 0 Å². The van der Waals surface area contributed by atoms with Gasteiger partial charge in [0.05, 0.1) is 39.0 Å². The summed E-state index contributed by atoms with van der Waals surface area (Å²) in [6.45, 7) is 4.99. The third-order valence-corrected chi connectivity index (χ3v) is 7.45. The fraction of sp³-hybridized carbons (Fsp3) is 0.839. The van der Waals surface area contributed by atoms with Gasteiger partial charge in [-0.1, -0.05) is 76.9 Å². The fourth-order valence-corrected chi connectivity index (χ4v) is 5.23. The molecule has 0 aromatic rings. The van der Waals surface area contributed by atoms with Crippen molar-refractivity contribution >= 4 is 17.9 Å². The maximum Gasteiger partial charge on any atom is 0.303 e. The number of unbranched alkanes of at least 4 members (excludes halogenated alkanes) is 13. The van der Waals surface area contributed by atoms with E-state index in [-0.39, 0.29) is 19.3 Å². The van der Waals surface area contributed by atoms with E-state index in [1.165, 1.54) is 64.2 Å². The zero-order valence-corrected chi connectivity index (χ0v) is 24.3. The number of carboxylic acids is 3. The van der Waals surface area contributed by atoms with Crippen LogP contribution in [-0.2, 0) is 14.4 Å². The second-order valence-corrected chi connectivity index (χ2v) is 11.0. The molecule has 0 rings (SSSR count). The molecule has 0 bridgehead atoms. The molecular weight excluding hydrogens is 482 g/mol. The van der Waals surface area contributed by atoms with Gasteiger partial charge >= 0.3 is 11.9 Å². The van der Waals surface area contributed by atoms with Crippen molar-refractivity contribution in [3.63, 3.8) is 0 Å². The summed E-state index contributed by atoms with van der Waals surface area (Å²) in [6.07, 6.45) is 25.1. The third-order valence-electron chi connectivity index (χ3n) is 7.45. The first kappa shape index (κ1) is 36.1. The number of rotatable bonds is 29. The first-order chi connectivity index (χ1) is 18.3. The van der Waals surface area contributed by atoms with Crippen LogP contribution < -0.4 is 5.11 Å². The van der Waals surface area contributed by atoms with Gasteiger partial charge in [-0.25, -0.2) is 0 Å². The molecule has 7 heteroatoms. The van der Waals surface area contributed by atoms with Crippen LogP contribution in [0.5, 0.6) is 0 Å². The quantitative estimate of drug-likeness (QED) is 0.0638. The molecule has 2 N–H and O–H groups in total. The molecule has 0 radical (unpaired) electrons. The van der Waals surface area contributed by atoms with Crippen LogP contribution in [0, 0.1) is 0 Å². The lowest BCUT2D eigenvalue weighted by Crippen LogP contribution is -2.51. The van der Waals surface area contributed by atoms with Crippen molar-refractivity contribution in [3.05, 3.63) is 12.2 Å². The minimum Gasteiger partial charge on any atom is -0.550 e. The molecule has 0 unspecified atom stereocenters. The number of hydrogen-bond donors (Lipinski definition) is 2. The maximum absolute atomic E-state index is 11.0. The molecule has 0 aliphatic heterocycles. The van der Waals surface area contributed by atoms with E-state index >= 15 is 0 Å². The number of nitrogens with zero attached hydrogens (tertiary/aromatic N) is 1. The van der Waals surface area contributed by atoms with Crippen molar-refractivity contribution in [1.29, 1.82) is 0 Å². The van der Waals surface area contributed by atoms with Crippen LogP contribution >= 0.6 is 0 Å². The van der Waals surface area contributed by atoms with Gasteiger partial charge in [0.25, 0.3) is 0 Å². The number of allylic oxidation sites excluding steroid dienone is 2. The molecule has 0 aromatic carbocycles. The van der Waals surface area contributed by atoms with E-state index in [0.29, 0.717) is 43.4 Å². The fourth-order valence-electron chi connectivity index (χ4n) is 5.23. The number of carboxylic acid groups (broad SMARTS) is 3. The zero-order valence-electron chi connectivity index (χ0n) is 24.3. The molecule has 7 nitrogen and oxygen atoms in total. The summed E-state index contributed by atoms with van der Waals surface area (Å²) >= 11 is 0. The van der Waals surface area contributed by atoms with Gasteiger partial charge in [0.2, 0.25) is 0 Å². The average Bonchev–Trinajstić information content (AvgIpc) is 2.85. The van der Waals surface area contributed by atoms with E-state index in [1.807, 2.05) is 0 Å². The second-order valence-electron chi connectivity index (χ2n) is 11.0. The zero-order chi connectivity index (χ0) is 28.3. The Labute approximate surface area is 232 Å². The molecule has 0 aliphatic carbocycles. The lowest BCUT2D eigenvalue weighted by Gasteiger charge is -2.39. The molecule has 0 heterocycles. The molecule has 38 heavy (non-hydrogen) atoms. The highest BCUT2D eigenvalue weighted by atomic mass is 16.4. The summed E-state index contributed by atoms with van der Waals surface area (Å²) in [4.78, 5) is 33.0. The summed E-state index contributed by atoms with van der Waals surface area (Å²) in [5.41, 5.74) is 0. The SMILES string of the molecule is CCCCCCCCCCC/C=C/CCCCCC[N+](CCCC(=O)[O-])(CCCC(=O)O)CCCC(=O)O. The van der Waals surface area contributed by atoms with Gasteiger partial charge in [0.1, 0.15) is 0 Å². The molecule has 0 aliphatic rings. The van der Waals surface area contributed by atoms with Gasteiger partial charge in [0, 0.05) is 25.2 Å². The van der Waals surface area contributed by atoms with Crippen LogP contribution in [-0.4, -0.2) is 58.8 Å². The topological polar surface area (TPSA) is 115 Å². The summed E-state index contributed by atoms with van der Waals surface area (Å²) in [5, 5.41) is 29.1. The van der Waals surface area contributed by atoms with Crippen LogP contribution in [0.4, 0.5) is 0 Å². The summed E-state index contributed by atoms with van der Waals surface area (Å²) < 4.78 is 0.604. The van der Waals surface area contributed by atoms with E-state index in [9.17, 15) is 19.5 Å². The maximum atomic E-state index is 11.0. The molecule has 0 saturated heterocycles. The number of hydrogen-bond acceptors (Lipinski definition) is 4. The Morgan fingerprint density at radius 3 is 1.34 bits per heavy atom. The van der Waals surface area contributed by atoms with E-state index < -0.39 is 17.9 Å². The minimum atomic E-state index is -1.08. The van der Waals surface area contributed by atoms with Crippen molar-refractivity contribution in [2.24, 2.45) is 0 Å². The number of quaternary nitrogens is 1. The molecule has 0 fully saturated rings. The Morgan fingerprint density at radius 2 is 0.921 bits per heavy atom. The highest BCUT2D eigenvalue weighted by Crippen LogP contribution is 2.18. The Morgan fingerprint density at radius 1 is 0.553 bits per heavy atom. The molecule has 0 amide bonds. The Hall–Kier alpha value is -1.89. The molecule has 0 spiro atoms. The Bertz CT molecular complexity index is 584. The third kappa shape index (κ3) is 24.4. The smallest absolute Gasteiger partial charge is 0.303 e. The van der Waals surface area contributed by atoms with Gasteiger partial charge in [-0.2, -0.15) is 0 Å². The van der Waals surface area contributed by atoms with Gasteiger partial charge in [-0.05, 0) is 44.9 Å². The lowest BCUT2D eigenvalue weighted by molar-refractivity contribution is -0.929. The highest BCUT2D eigenvalue weighted by molar-refractivity contribution is 5.66. The monoisotopic (exact) mass is 539 g/mol. The van der Waals surface area contributed by atoms with Gasteiger partial charge < -0.3 is 24.6 Å². The summed E-state index contributed by atoms with van der Waals surface area (Å²) in [5.74, 6) is -2.76. The molecule has 0 aromatic heterocycles. The number of carbonyl (C=O) groups excluding carboxylic acids is 1. The number of aliphatic carboxylic acids is 3. The molecule has 0 atom stereocenters. The van der Waals surface area contributed by atoms with E-state index in [2.05, 4.69) is 19.1 Å². The van der Waals surface area contributed by atoms with Crippen molar-refractivity contribution in [2.45, 2.75) is 142 Å². The second kappa shape index (κ2) is 25.4. The van der Waals surface area contributed by atoms with E-state index in [4.69, 9.17) is 10.2 Å². The Kier molecular flexibility index (Phi) is 24.1. The predicted molar refractivity (Wildman–Crippen MR) is 152 cm³/mol. The minimum absolute atomic E-state index is 0.0246. The highest BCUT2D eigenvalue weighted by Gasteiger charge is 2.26. The first-order valence-corrected chi connectivity index (χ1v) is 15.4. The van der Waals surface area contributed by atoms with Crippen LogP contribution in [0.15, 0.2) is 12.2 Å². The van der Waals surface area contributed by atoms with Crippen molar-refractivity contribution < 1.29 is 34.2 Å². The molecular formula is C31H57NO6. The van der Waals surface area contributed by atoms with Crippen LogP contribution in [0.25, 0.3) is 0 Å². The van der Waals surface area contributed by atoms with Gasteiger partial charge in [-0.3, -0.25) is 9.59 Å². The first-order valence-electron chi connectivity index (χ1n) is 15.4. The van der Waals surface area contributed by atoms with E-state index in [0.717, 1.165) is 38.6 Å². The normalized spacial score (nSPS) is 11.8. The standard InChI is InChI=1S/C31H57NO6/c1-2-3-4-5-6-7-8-9-10-11-12-13-14-15-16-17-18-25-32(26-19-22-29(33)34,27-20-23-30(35)36)28-21-24-31(37)38/h12-13H,2-11,14-28H2,1H3,(H2-,33,34,35,36,37,38)/b13-12+. The Balaban J connectivity index is 4.27. The van der Waals surface area contributed by atoms with E-state index in [1.54, 1.807) is 0 Å². The summed E-state index contributed by atoms with van der Waals surface area (Å²) in [6, 6.07) is 0. The van der Waals surface area contributed by atoms with Gasteiger partial charge in [-0.15, -0.1) is 0 Å². The molecule has 222 valence electrons. The predicted octanol–water partition coefficient (Wildman–Crippen LogP) is 6.49. The van der Waals surface area contributed by atoms with Crippen LogP contribution in [0.1, 0.15) is 142 Å². The van der Waals surface area contributed by atoms with Crippen molar-refractivity contribution in [1.82, 2.24) is 0 Å². The summed E-state index contributed by atoms with van der Waals surface area (Å²) in [7, 11) is 0.